The van der Waals surface area contributed by atoms with E-state index in [0.717, 1.165) is 41.9 Å². The summed E-state index contributed by atoms with van der Waals surface area (Å²) in [5, 5.41) is 0.780. The molecule has 0 bridgehead atoms. The predicted molar refractivity (Wildman–Crippen MR) is 129 cm³/mol. The van der Waals surface area contributed by atoms with Gasteiger partial charge in [-0.05, 0) is 56.3 Å². The van der Waals surface area contributed by atoms with E-state index in [9.17, 15) is 9.18 Å². The van der Waals surface area contributed by atoms with E-state index in [-0.39, 0.29) is 24.1 Å². The van der Waals surface area contributed by atoms with Crippen LogP contribution in [0, 0.1) is 5.82 Å². The Hall–Kier alpha value is -2.77. The van der Waals surface area contributed by atoms with Crippen LogP contribution in [0.5, 0.6) is 11.5 Å². The molecule has 2 aliphatic heterocycles. The molecular formula is C25H29ClFN3O3. The van der Waals surface area contributed by atoms with Crippen molar-refractivity contribution in [2.24, 2.45) is 7.05 Å². The number of likely N-dealkylation sites (tertiary alicyclic amines) is 1. The van der Waals surface area contributed by atoms with Gasteiger partial charge in [0.05, 0.1) is 30.4 Å². The molecule has 2 aromatic carbocycles. The molecule has 0 aliphatic carbocycles. The molecule has 0 atom stereocenters. The second kappa shape index (κ2) is 9.61. The van der Waals surface area contributed by atoms with Crippen molar-refractivity contribution in [2.75, 3.05) is 38.3 Å². The molecule has 5 rings (SSSR count). The summed E-state index contributed by atoms with van der Waals surface area (Å²) in [6.07, 6.45) is 3.80. The van der Waals surface area contributed by atoms with Gasteiger partial charge in [-0.3, -0.25) is 9.69 Å². The van der Waals surface area contributed by atoms with Gasteiger partial charge in [0.25, 0.3) is 5.91 Å². The third-order valence-corrected chi connectivity index (χ3v) is 6.62. The summed E-state index contributed by atoms with van der Waals surface area (Å²) in [4.78, 5) is 17.5. The number of benzene rings is 2. The number of aryl methyl sites for hydroxylation is 1. The maximum absolute atomic E-state index is 13.7. The first-order chi connectivity index (χ1) is 15.6. The summed E-state index contributed by atoms with van der Waals surface area (Å²) >= 11 is 0. The van der Waals surface area contributed by atoms with Gasteiger partial charge in [-0.25, -0.2) is 4.39 Å². The summed E-state index contributed by atoms with van der Waals surface area (Å²) < 4.78 is 27.2. The Kier molecular flexibility index (Phi) is 6.81. The van der Waals surface area contributed by atoms with E-state index in [1.807, 2.05) is 29.8 Å². The molecule has 3 aromatic rings. The zero-order chi connectivity index (χ0) is 22.2. The summed E-state index contributed by atoms with van der Waals surface area (Å²) in [6, 6.07) is 10.2. The number of anilines is 1. The molecule has 8 heteroatoms. The van der Waals surface area contributed by atoms with Gasteiger partial charge in [0, 0.05) is 30.7 Å². The van der Waals surface area contributed by atoms with Gasteiger partial charge >= 0.3 is 0 Å². The van der Waals surface area contributed by atoms with Crippen molar-refractivity contribution in [3.8, 4) is 11.5 Å². The van der Waals surface area contributed by atoms with E-state index in [4.69, 9.17) is 9.47 Å². The molecule has 0 saturated carbocycles. The second-order valence-corrected chi connectivity index (χ2v) is 8.52. The van der Waals surface area contributed by atoms with Crippen LogP contribution in [0.15, 0.2) is 36.4 Å². The molecule has 3 heterocycles. The fourth-order valence-electron chi connectivity index (χ4n) is 4.86. The molecule has 2 aliphatic rings. The van der Waals surface area contributed by atoms with Crippen molar-refractivity contribution in [1.82, 2.24) is 9.47 Å². The zero-order valence-corrected chi connectivity index (χ0v) is 19.8. The molecule has 33 heavy (non-hydrogen) atoms. The summed E-state index contributed by atoms with van der Waals surface area (Å²) in [5.74, 6) is 0.902. The monoisotopic (exact) mass is 473 g/mol. The standard InChI is InChI=1S/C25H28FN3O3.ClH/c1-27-20-14-17(26)6-8-19(20)24-21(27)16-29(25(24)30)18-7-9-22(31-2)23(15-18)32-13-12-28-10-4-3-5-11-28;/h6-9,14-15H,3-5,10-13,16H2,1-2H3;1H. The lowest BCUT2D eigenvalue weighted by atomic mass is 10.1. The summed E-state index contributed by atoms with van der Waals surface area (Å²) in [7, 11) is 3.50. The number of nitrogens with zero attached hydrogens (tertiary/aromatic N) is 3. The van der Waals surface area contributed by atoms with Crippen molar-refractivity contribution in [2.45, 2.75) is 25.8 Å². The Morgan fingerprint density at radius 2 is 1.82 bits per heavy atom. The molecule has 1 saturated heterocycles. The number of halogens is 2. The molecule has 1 amide bonds. The Labute approximate surface area is 199 Å². The molecule has 6 nitrogen and oxygen atoms in total. The third kappa shape index (κ3) is 4.27. The average molecular weight is 474 g/mol. The van der Waals surface area contributed by atoms with Crippen LogP contribution in [0.4, 0.5) is 10.1 Å². The number of carbonyl (C=O) groups is 1. The van der Waals surface area contributed by atoms with Gasteiger partial charge in [0.1, 0.15) is 12.4 Å². The first-order valence-corrected chi connectivity index (χ1v) is 11.2. The van der Waals surface area contributed by atoms with Crippen LogP contribution in [0.2, 0.25) is 0 Å². The SMILES string of the molecule is COc1ccc(N2Cc3c(c4ccc(F)cc4n3C)C2=O)cc1OCCN1CCCCC1.Cl. The first kappa shape index (κ1) is 23.4. The van der Waals surface area contributed by atoms with Gasteiger partial charge in [-0.1, -0.05) is 6.42 Å². The van der Waals surface area contributed by atoms with Crippen LogP contribution >= 0.6 is 12.4 Å². The Bertz CT molecular complexity index is 1170. The highest BCUT2D eigenvalue weighted by atomic mass is 35.5. The third-order valence-electron chi connectivity index (χ3n) is 6.62. The van der Waals surface area contributed by atoms with Crippen LogP contribution in [0.25, 0.3) is 10.9 Å². The number of ether oxygens (including phenoxy) is 2. The Morgan fingerprint density at radius 1 is 1.03 bits per heavy atom. The van der Waals surface area contributed by atoms with Gasteiger partial charge in [0.15, 0.2) is 11.5 Å². The van der Waals surface area contributed by atoms with E-state index < -0.39 is 0 Å². The summed E-state index contributed by atoms with van der Waals surface area (Å²) in [6.45, 7) is 4.13. The number of amides is 1. The predicted octanol–water partition coefficient (Wildman–Crippen LogP) is 4.77. The zero-order valence-electron chi connectivity index (χ0n) is 19.0. The van der Waals surface area contributed by atoms with Crippen molar-refractivity contribution >= 4 is 34.9 Å². The van der Waals surface area contributed by atoms with Crippen LogP contribution < -0.4 is 14.4 Å². The number of piperidine rings is 1. The molecule has 176 valence electrons. The topological polar surface area (TPSA) is 46.9 Å². The van der Waals surface area contributed by atoms with Crippen molar-refractivity contribution in [1.29, 1.82) is 0 Å². The van der Waals surface area contributed by atoms with E-state index >= 15 is 0 Å². The molecule has 0 spiro atoms. The quantitative estimate of drug-likeness (QED) is 0.517. The number of rotatable bonds is 6. The number of fused-ring (bicyclic) bond motifs is 3. The van der Waals surface area contributed by atoms with Crippen molar-refractivity contribution in [3.05, 3.63) is 53.5 Å². The fourth-order valence-corrected chi connectivity index (χ4v) is 4.86. The summed E-state index contributed by atoms with van der Waals surface area (Å²) in [5.41, 5.74) is 3.03. The molecule has 1 fully saturated rings. The Balaban J connectivity index is 0.00000259. The van der Waals surface area contributed by atoms with Gasteiger partial charge < -0.3 is 18.9 Å². The van der Waals surface area contributed by atoms with Crippen molar-refractivity contribution < 1.29 is 18.7 Å². The lowest BCUT2D eigenvalue weighted by Crippen LogP contribution is -2.33. The van der Waals surface area contributed by atoms with E-state index in [1.165, 1.54) is 31.4 Å². The lowest BCUT2D eigenvalue weighted by molar-refractivity contribution is 0.0998. The highest BCUT2D eigenvalue weighted by molar-refractivity contribution is 6.18. The largest absolute Gasteiger partial charge is 0.493 e. The fraction of sp³-hybridized carbons (Fsp3) is 0.400. The van der Waals surface area contributed by atoms with Crippen LogP contribution in [-0.4, -0.2) is 48.7 Å². The normalized spacial score (nSPS) is 16.1. The minimum Gasteiger partial charge on any atom is -0.493 e. The molecule has 1 aromatic heterocycles. The van der Waals surface area contributed by atoms with Crippen molar-refractivity contribution in [3.63, 3.8) is 0 Å². The number of hydrogen-bond donors (Lipinski definition) is 0. The lowest BCUT2D eigenvalue weighted by Gasteiger charge is -2.26. The maximum Gasteiger partial charge on any atom is 0.261 e. The maximum atomic E-state index is 13.7. The minimum absolute atomic E-state index is 0. The van der Waals surface area contributed by atoms with Crippen LogP contribution in [-0.2, 0) is 13.6 Å². The van der Waals surface area contributed by atoms with E-state index in [0.29, 0.717) is 30.2 Å². The van der Waals surface area contributed by atoms with Gasteiger partial charge in [-0.15, -0.1) is 12.4 Å². The Morgan fingerprint density at radius 3 is 2.58 bits per heavy atom. The average Bonchev–Trinajstić information content (AvgIpc) is 3.29. The second-order valence-electron chi connectivity index (χ2n) is 8.52. The highest BCUT2D eigenvalue weighted by Gasteiger charge is 2.34. The minimum atomic E-state index is -0.303. The van der Waals surface area contributed by atoms with Gasteiger partial charge in [-0.2, -0.15) is 0 Å². The smallest absolute Gasteiger partial charge is 0.261 e. The van der Waals surface area contributed by atoms with E-state index in [2.05, 4.69) is 4.90 Å². The number of hydrogen-bond acceptors (Lipinski definition) is 4. The molecule has 0 N–H and O–H groups in total. The van der Waals surface area contributed by atoms with Gasteiger partial charge in [0.2, 0.25) is 0 Å². The first-order valence-electron chi connectivity index (χ1n) is 11.2. The van der Waals surface area contributed by atoms with Crippen LogP contribution in [0.1, 0.15) is 35.3 Å². The molecule has 0 unspecified atom stereocenters. The molecular weight excluding hydrogens is 445 g/mol. The highest BCUT2D eigenvalue weighted by Crippen LogP contribution is 2.38. The van der Waals surface area contributed by atoms with Crippen LogP contribution in [0.3, 0.4) is 0 Å². The van der Waals surface area contributed by atoms with E-state index in [1.54, 1.807) is 18.1 Å². The molecule has 0 radical (unpaired) electrons. The number of aromatic nitrogens is 1. The number of carbonyl (C=O) groups excluding carboxylic acids is 1. The number of methoxy groups -OCH3 is 1.